The van der Waals surface area contributed by atoms with Crippen molar-refractivity contribution < 1.29 is 30.0 Å². The van der Waals surface area contributed by atoms with Gasteiger partial charge >= 0.3 is 6.18 Å². The first-order valence-electron chi connectivity index (χ1n) is 9.42. The van der Waals surface area contributed by atoms with E-state index in [0.717, 1.165) is 6.07 Å². The van der Waals surface area contributed by atoms with E-state index in [2.05, 4.69) is 15.4 Å². The van der Waals surface area contributed by atoms with E-state index in [9.17, 15) is 30.0 Å². The molecule has 0 aromatic heterocycles. The van der Waals surface area contributed by atoms with Crippen LogP contribution in [0.4, 0.5) is 18.9 Å². The Morgan fingerprint density at radius 2 is 1.52 bits per heavy atom. The van der Waals surface area contributed by atoms with E-state index in [4.69, 9.17) is 0 Å². The number of anilines is 1. The summed E-state index contributed by atoms with van der Waals surface area (Å²) in [6, 6.07) is 6.87. The molecule has 1 saturated heterocycles. The predicted molar refractivity (Wildman–Crippen MR) is 109 cm³/mol. The molecule has 7 nitrogen and oxygen atoms in total. The number of sulfone groups is 1. The number of halogens is 3. The lowest BCUT2D eigenvalue weighted by molar-refractivity contribution is -0.139. The minimum Gasteiger partial charge on any atom is -0.388 e. The second-order valence-corrected chi connectivity index (χ2v) is 10.7. The van der Waals surface area contributed by atoms with Crippen LogP contribution < -0.4 is 15.4 Å². The van der Waals surface area contributed by atoms with Crippen molar-refractivity contribution in [1.82, 2.24) is 10.0 Å². The second kappa shape index (κ2) is 8.77. The second-order valence-electron chi connectivity index (χ2n) is 7.08. The molecule has 0 atom stereocenters. The van der Waals surface area contributed by atoms with Crippen LogP contribution in [0.2, 0.25) is 0 Å². The number of sulfonamides is 1. The van der Waals surface area contributed by atoms with Crippen LogP contribution in [0.15, 0.2) is 57.2 Å². The maximum atomic E-state index is 13.5. The lowest BCUT2D eigenvalue weighted by Crippen LogP contribution is -2.43. The summed E-state index contributed by atoms with van der Waals surface area (Å²) in [4.78, 5) is -1.81. The average molecular weight is 478 g/mol. The smallest absolute Gasteiger partial charge is 0.388 e. The number of hydrogen-bond acceptors (Lipinski definition) is 6. The van der Waals surface area contributed by atoms with E-state index < -0.39 is 47.4 Å². The Labute approximate surface area is 179 Å². The number of nitrogens with one attached hydrogen (secondary N) is 3. The molecule has 2 aromatic carbocycles. The first-order valence-corrected chi connectivity index (χ1v) is 12.4. The molecule has 12 heteroatoms. The Bertz CT molecular complexity index is 1140. The van der Waals surface area contributed by atoms with Crippen molar-refractivity contribution in [2.24, 2.45) is 0 Å². The summed E-state index contributed by atoms with van der Waals surface area (Å²) >= 11 is 0. The van der Waals surface area contributed by atoms with Crippen LogP contribution in [-0.2, 0) is 26.0 Å². The van der Waals surface area contributed by atoms with E-state index in [1.165, 1.54) is 24.3 Å². The van der Waals surface area contributed by atoms with Gasteiger partial charge in [0.1, 0.15) is 0 Å². The van der Waals surface area contributed by atoms with Gasteiger partial charge in [-0.2, -0.15) is 13.2 Å². The first-order chi connectivity index (χ1) is 14.4. The summed E-state index contributed by atoms with van der Waals surface area (Å²) < 4.78 is 94.4. The molecule has 170 valence electrons. The normalized spacial score (nSPS) is 16.3. The summed E-state index contributed by atoms with van der Waals surface area (Å²) in [6.07, 6.45) is -4.15. The SMILES string of the molecule is CNc1ccc(S(=O)(=O)c2ccc(C(F)(F)F)c(S(=O)(=O)NC3CCNCC3)c2)cc1. The van der Waals surface area contributed by atoms with E-state index in [-0.39, 0.29) is 4.90 Å². The fourth-order valence-corrected chi connectivity index (χ4v) is 6.20. The van der Waals surface area contributed by atoms with Gasteiger partial charge in [0.15, 0.2) is 0 Å². The van der Waals surface area contributed by atoms with Crippen molar-refractivity contribution in [3.63, 3.8) is 0 Å². The first kappa shape index (κ1) is 23.5. The summed E-state index contributed by atoms with van der Waals surface area (Å²) in [6.45, 7) is 1.05. The van der Waals surface area contributed by atoms with Crippen molar-refractivity contribution in [3.05, 3.63) is 48.0 Å². The Morgan fingerprint density at radius 1 is 0.935 bits per heavy atom. The van der Waals surface area contributed by atoms with Gasteiger partial charge in [0.25, 0.3) is 0 Å². The number of alkyl halides is 3. The van der Waals surface area contributed by atoms with Gasteiger partial charge in [0.05, 0.1) is 20.2 Å². The minimum absolute atomic E-state index is 0.166. The van der Waals surface area contributed by atoms with Gasteiger partial charge in [0.2, 0.25) is 19.9 Å². The molecule has 3 N–H and O–H groups in total. The van der Waals surface area contributed by atoms with Gasteiger partial charge in [-0.25, -0.2) is 21.6 Å². The minimum atomic E-state index is -4.98. The Hall–Kier alpha value is -2.15. The highest BCUT2D eigenvalue weighted by Gasteiger charge is 2.39. The molecule has 31 heavy (non-hydrogen) atoms. The molecule has 0 spiro atoms. The Balaban J connectivity index is 2.08. The third kappa shape index (κ3) is 5.20. The molecule has 0 bridgehead atoms. The molecule has 1 aliphatic rings. The summed E-state index contributed by atoms with van der Waals surface area (Å²) in [5.41, 5.74) is -0.778. The van der Waals surface area contributed by atoms with Crippen LogP contribution in [-0.4, -0.2) is 43.0 Å². The van der Waals surface area contributed by atoms with Crippen LogP contribution >= 0.6 is 0 Å². The maximum absolute atomic E-state index is 13.5. The van der Waals surface area contributed by atoms with Gasteiger partial charge in [-0.05, 0) is 68.4 Å². The summed E-state index contributed by atoms with van der Waals surface area (Å²) in [5, 5.41) is 5.86. The molecule has 2 aromatic rings. The van der Waals surface area contributed by atoms with Crippen LogP contribution in [0.1, 0.15) is 18.4 Å². The van der Waals surface area contributed by atoms with Gasteiger partial charge in [-0.15, -0.1) is 0 Å². The molecule has 1 heterocycles. The van der Waals surface area contributed by atoms with Crippen molar-refractivity contribution in [2.75, 3.05) is 25.5 Å². The van der Waals surface area contributed by atoms with Crippen LogP contribution in [0.25, 0.3) is 0 Å². The van der Waals surface area contributed by atoms with E-state index in [1.807, 2.05) is 0 Å². The monoisotopic (exact) mass is 477 g/mol. The van der Waals surface area contributed by atoms with Crippen LogP contribution in [0.3, 0.4) is 0 Å². The Kier molecular flexibility index (Phi) is 6.65. The lowest BCUT2D eigenvalue weighted by atomic mass is 10.1. The molecule has 0 aliphatic carbocycles. The van der Waals surface area contributed by atoms with Crippen LogP contribution in [0.5, 0.6) is 0 Å². The van der Waals surface area contributed by atoms with Crippen molar-refractivity contribution in [1.29, 1.82) is 0 Å². The molecule has 0 saturated carbocycles. The molecule has 0 radical (unpaired) electrons. The van der Waals surface area contributed by atoms with Gasteiger partial charge in [0, 0.05) is 18.8 Å². The maximum Gasteiger partial charge on any atom is 0.417 e. The van der Waals surface area contributed by atoms with Crippen molar-refractivity contribution >= 4 is 25.5 Å². The number of piperidine rings is 1. The predicted octanol–water partition coefficient (Wildman–Crippen LogP) is 2.61. The number of hydrogen-bond donors (Lipinski definition) is 3. The molecule has 0 unspecified atom stereocenters. The zero-order valence-corrected chi connectivity index (χ0v) is 18.2. The highest BCUT2D eigenvalue weighted by Crippen LogP contribution is 2.36. The fraction of sp³-hybridized carbons (Fsp3) is 0.368. The highest BCUT2D eigenvalue weighted by molar-refractivity contribution is 7.91. The average Bonchev–Trinajstić information content (AvgIpc) is 2.73. The van der Waals surface area contributed by atoms with Gasteiger partial charge < -0.3 is 10.6 Å². The summed E-state index contributed by atoms with van der Waals surface area (Å²) in [5.74, 6) is 0. The standard InChI is InChI=1S/C19H22F3N3O4S2/c1-23-13-2-4-15(5-3-13)30(26,27)16-6-7-17(19(20,21)22)18(12-16)31(28,29)25-14-8-10-24-11-9-14/h2-7,12,14,23-25H,8-11H2,1H3. The van der Waals surface area contributed by atoms with E-state index >= 15 is 0 Å². The highest BCUT2D eigenvalue weighted by atomic mass is 32.2. The van der Waals surface area contributed by atoms with E-state index in [1.54, 1.807) is 7.05 Å². The topological polar surface area (TPSA) is 104 Å². The number of benzene rings is 2. The fourth-order valence-electron chi connectivity index (χ4n) is 3.29. The quantitative estimate of drug-likeness (QED) is 0.591. The Morgan fingerprint density at radius 3 is 2.06 bits per heavy atom. The van der Waals surface area contributed by atoms with E-state index in [0.29, 0.717) is 43.8 Å². The molecular formula is C19H22F3N3O4S2. The molecule has 0 amide bonds. The third-order valence-corrected chi connectivity index (χ3v) is 8.30. The van der Waals surface area contributed by atoms with Gasteiger partial charge in [-0.1, -0.05) is 0 Å². The third-order valence-electron chi connectivity index (χ3n) is 4.97. The molecule has 1 fully saturated rings. The van der Waals surface area contributed by atoms with Crippen molar-refractivity contribution in [3.8, 4) is 0 Å². The van der Waals surface area contributed by atoms with Crippen molar-refractivity contribution in [2.45, 2.75) is 39.7 Å². The number of rotatable bonds is 6. The largest absolute Gasteiger partial charge is 0.417 e. The molecule has 1 aliphatic heterocycles. The lowest BCUT2D eigenvalue weighted by Gasteiger charge is -2.24. The van der Waals surface area contributed by atoms with Gasteiger partial charge in [-0.3, -0.25) is 0 Å². The van der Waals surface area contributed by atoms with Crippen LogP contribution in [0, 0.1) is 0 Å². The summed E-state index contributed by atoms with van der Waals surface area (Å²) in [7, 11) is -7.22. The molecular weight excluding hydrogens is 455 g/mol. The molecule has 3 rings (SSSR count). The zero-order chi connectivity index (χ0) is 22.9. The zero-order valence-electron chi connectivity index (χ0n) is 16.5.